The fraction of sp³-hybridized carbons (Fsp3) is 0.348. The minimum absolute atomic E-state index is 0.105. The fourth-order valence-corrected chi connectivity index (χ4v) is 3.57. The number of aliphatic hydroxyl groups excluding tert-OH is 1. The molecule has 3 atom stereocenters. The van der Waals surface area contributed by atoms with Crippen molar-refractivity contribution in [2.24, 2.45) is 0 Å². The topological polar surface area (TPSA) is 119 Å². The van der Waals surface area contributed by atoms with Crippen molar-refractivity contribution in [2.45, 2.75) is 37.6 Å². The number of rotatable bonds is 8. The van der Waals surface area contributed by atoms with E-state index >= 15 is 0 Å². The molecule has 0 saturated heterocycles. The zero-order chi connectivity index (χ0) is 22.3. The second kappa shape index (κ2) is 10.3. The molecule has 168 valence electrons. The number of pyridine rings is 1. The molecule has 0 bridgehead atoms. The van der Waals surface area contributed by atoms with Gasteiger partial charge >= 0.3 is 0 Å². The first-order valence-electron chi connectivity index (χ1n) is 10.4. The fourth-order valence-electron chi connectivity index (χ4n) is 3.57. The van der Waals surface area contributed by atoms with Crippen LogP contribution in [-0.4, -0.2) is 53.6 Å². The molecular formula is C23H25N3O6. The molecule has 4 rings (SSSR count). The lowest BCUT2D eigenvalue weighted by atomic mass is 10.0. The Kier molecular flexibility index (Phi) is 6.98. The Morgan fingerprint density at radius 1 is 1.09 bits per heavy atom. The van der Waals surface area contributed by atoms with Gasteiger partial charge in [-0.2, -0.15) is 0 Å². The molecule has 0 radical (unpaired) electrons. The van der Waals surface area contributed by atoms with Gasteiger partial charge in [0, 0.05) is 18.9 Å². The number of aliphatic hydroxyl groups is 1. The van der Waals surface area contributed by atoms with Crippen LogP contribution in [0, 0.1) is 0 Å². The molecule has 2 amide bonds. The lowest BCUT2D eigenvalue weighted by Crippen LogP contribution is -2.49. The molecule has 2 aliphatic heterocycles. The van der Waals surface area contributed by atoms with E-state index in [9.17, 15) is 14.7 Å². The summed E-state index contributed by atoms with van der Waals surface area (Å²) in [5.41, 5.74) is 1.69. The van der Waals surface area contributed by atoms with Gasteiger partial charge in [0.2, 0.25) is 18.6 Å². The van der Waals surface area contributed by atoms with Crippen LogP contribution in [0.1, 0.15) is 17.5 Å². The normalized spacial score (nSPS) is 21.2. The van der Waals surface area contributed by atoms with Gasteiger partial charge in [-0.25, -0.2) is 0 Å². The van der Waals surface area contributed by atoms with Crippen LogP contribution in [0.5, 0.6) is 11.5 Å². The molecule has 0 spiro atoms. The minimum atomic E-state index is -0.635. The average molecular weight is 439 g/mol. The molecule has 3 N–H and O–H groups in total. The third kappa shape index (κ3) is 5.63. The van der Waals surface area contributed by atoms with Crippen molar-refractivity contribution in [3.05, 3.63) is 66.0 Å². The van der Waals surface area contributed by atoms with Crippen LogP contribution in [0.25, 0.3) is 0 Å². The Labute approximate surface area is 185 Å². The van der Waals surface area contributed by atoms with Crippen molar-refractivity contribution in [2.75, 3.05) is 13.4 Å². The Morgan fingerprint density at radius 2 is 1.97 bits per heavy atom. The Bertz CT molecular complexity index is 981. The molecule has 9 heteroatoms. The predicted molar refractivity (Wildman–Crippen MR) is 114 cm³/mol. The van der Waals surface area contributed by atoms with E-state index in [1.807, 2.05) is 24.3 Å². The number of benzene rings is 1. The van der Waals surface area contributed by atoms with E-state index in [0.717, 1.165) is 11.1 Å². The van der Waals surface area contributed by atoms with Crippen molar-refractivity contribution in [3.8, 4) is 11.5 Å². The Balaban J connectivity index is 1.25. The van der Waals surface area contributed by atoms with Crippen LogP contribution < -0.4 is 20.1 Å². The molecule has 0 unspecified atom stereocenters. The smallest absolute Gasteiger partial charge is 0.231 e. The summed E-state index contributed by atoms with van der Waals surface area (Å²) in [5, 5.41) is 15.4. The summed E-state index contributed by atoms with van der Waals surface area (Å²) in [6.45, 7) is 0.271. The maximum atomic E-state index is 12.4. The van der Waals surface area contributed by atoms with E-state index in [-0.39, 0.29) is 38.1 Å². The number of nitrogens with zero attached hydrogens (tertiary/aromatic N) is 1. The summed E-state index contributed by atoms with van der Waals surface area (Å²) in [6.07, 6.45) is 5.94. The third-order valence-corrected chi connectivity index (χ3v) is 5.19. The van der Waals surface area contributed by atoms with Crippen molar-refractivity contribution in [3.63, 3.8) is 0 Å². The number of nitrogens with one attached hydrogen (secondary N) is 2. The van der Waals surface area contributed by atoms with Gasteiger partial charge in [0.05, 0.1) is 31.6 Å². The zero-order valence-electron chi connectivity index (χ0n) is 17.4. The van der Waals surface area contributed by atoms with Crippen molar-refractivity contribution in [1.29, 1.82) is 0 Å². The van der Waals surface area contributed by atoms with Gasteiger partial charge in [0.25, 0.3) is 0 Å². The molecule has 1 aromatic heterocycles. The third-order valence-electron chi connectivity index (χ3n) is 5.19. The average Bonchev–Trinajstić information content (AvgIpc) is 3.27. The van der Waals surface area contributed by atoms with Gasteiger partial charge in [-0.15, -0.1) is 0 Å². The number of hydrogen-bond acceptors (Lipinski definition) is 7. The summed E-state index contributed by atoms with van der Waals surface area (Å²) < 4.78 is 16.4. The highest BCUT2D eigenvalue weighted by Gasteiger charge is 2.29. The molecule has 0 fully saturated rings. The first kappa shape index (κ1) is 21.8. The lowest BCUT2D eigenvalue weighted by Gasteiger charge is -2.31. The minimum Gasteiger partial charge on any atom is -0.454 e. The van der Waals surface area contributed by atoms with Gasteiger partial charge in [-0.3, -0.25) is 14.6 Å². The van der Waals surface area contributed by atoms with Gasteiger partial charge in [-0.05, 0) is 29.3 Å². The standard InChI is InChI=1S/C23H25N3O6/c27-13-21-18(26-23(29)9-15-2-1-7-24-11-15)5-4-17(32-21)10-22(28)25-12-16-3-6-19-20(8-16)31-14-30-19/h1-8,11,17-18,21,27H,9-10,12-14H2,(H,25,28)(H,26,29)/t17-,18-,21-/m1/s1. The molecular weight excluding hydrogens is 414 g/mol. The van der Waals surface area contributed by atoms with Crippen LogP contribution >= 0.6 is 0 Å². The quantitative estimate of drug-likeness (QED) is 0.522. The first-order chi connectivity index (χ1) is 15.6. The largest absolute Gasteiger partial charge is 0.454 e. The number of fused-ring (bicyclic) bond motifs is 1. The highest BCUT2D eigenvalue weighted by Crippen LogP contribution is 2.32. The number of amides is 2. The number of aromatic nitrogens is 1. The summed E-state index contributed by atoms with van der Waals surface area (Å²) >= 11 is 0. The van der Waals surface area contributed by atoms with Crippen LogP contribution in [0.3, 0.4) is 0 Å². The SMILES string of the molecule is O=C(C[C@H]1C=C[C@@H](NC(=O)Cc2cccnc2)[C@@H](CO)O1)NCc1ccc2c(c1)OCO2. The van der Waals surface area contributed by atoms with Gasteiger partial charge in [0.1, 0.15) is 6.10 Å². The summed E-state index contributed by atoms with van der Waals surface area (Å²) in [5.74, 6) is 0.971. The monoisotopic (exact) mass is 439 g/mol. The van der Waals surface area contributed by atoms with Gasteiger partial charge in [0.15, 0.2) is 11.5 Å². The molecule has 32 heavy (non-hydrogen) atoms. The maximum Gasteiger partial charge on any atom is 0.231 e. The number of hydrogen-bond donors (Lipinski definition) is 3. The van der Waals surface area contributed by atoms with Crippen molar-refractivity contribution >= 4 is 11.8 Å². The highest BCUT2D eigenvalue weighted by atomic mass is 16.7. The molecule has 0 aliphatic carbocycles. The second-order valence-electron chi connectivity index (χ2n) is 7.58. The van der Waals surface area contributed by atoms with E-state index in [1.165, 1.54) is 0 Å². The Morgan fingerprint density at radius 3 is 2.78 bits per heavy atom. The summed E-state index contributed by atoms with van der Waals surface area (Å²) in [4.78, 5) is 28.7. The van der Waals surface area contributed by atoms with E-state index in [1.54, 1.807) is 30.6 Å². The van der Waals surface area contributed by atoms with Crippen molar-refractivity contribution < 1.29 is 28.9 Å². The van der Waals surface area contributed by atoms with Crippen molar-refractivity contribution in [1.82, 2.24) is 15.6 Å². The van der Waals surface area contributed by atoms with E-state index in [4.69, 9.17) is 14.2 Å². The lowest BCUT2D eigenvalue weighted by molar-refractivity contribution is -0.128. The molecule has 0 saturated carbocycles. The zero-order valence-corrected chi connectivity index (χ0v) is 17.4. The molecule has 1 aromatic carbocycles. The molecule has 9 nitrogen and oxygen atoms in total. The maximum absolute atomic E-state index is 12.4. The highest BCUT2D eigenvalue weighted by molar-refractivity contribution is 5.79. The Hall–Kier alpha value is -3.43. The number of carbonyl (C=O) groups excluding carboxylic acids is 2. The van der Waals surface area contributed by atoms with Gasteiger partial charge < -0.3 is 30.0 Å². The van der Waals surface area contributed by atoms with Gasteiger partial charge in [-0.1, -0.05) is 24.3 Å². The summed E-state index contributed by atoms with van der Waals surface area (Å²) in [7, 11) is 0. The van der Waals surface area contributed by atoms with Crippen LogP contribution in [-0.2, 0) is 27.3 Å². The second-order valence-corrected chi connectivity index (χ2v) is 7.58. The van der Waals surface area contributed by atoms with E-state index in [0.29, 0.717) is 18.0 Å². The predicted octanol–water partition coefficient (Wildman–Crippen LogP) is 0.860. The van der Waals surface area contributed by atoms with E-state index < -0.39 is 18.2 Å². The molecule has 3 heterocycles. The van der Waals surface area contributed by atoms with Crippen LogP contribution in [0.4, 0.5) is 0 Å². The number of carbonyl (C=O) groups is 2. The van der Waals surface area contributed by atoms with E-state index in [2.05, 4.69) is 15.6 Å². The number of ether oxygens (including phenoxy) is 3. The molecule has 2 aromatic rings. The van der Waals surface area contributed by atoms with Crippen LogP contribution in [0.15, 0.2) is 54.9 Å². The molecule has 2 aliphatic rings. The summed E-state index contributed by atoms with van der Waals surface area (Å²) in [6, 6.07) is 8.63. The first-order valence-corrected chi connectivity index (χ1v) is 10.4. The van der Waals surface area contributed by atoms with Crippen LogP contribution in [0.2, 0.25) is 0 Å².